The zero-order valence-electron chi connectivity index (χ0n) is 19.5. The molecule has 1 aromatic carbocycles. The topological polar surface area (TPSA) is 103 Å². The third-order valence-electron chi connectivity index (χ3n) is 4.92. The van der Waals surface area contributed by atoms with Crippen molar-refractivity contribution in [3.8, 4) is 5.75 Å². The summed E-state index contributed by atoms with van der Waals surface area (Å²) in [6.45, 7) is 10.4. The monoisotopic (exact) mass is 433 g/mol. The Morgan fingerprint density at radius 1 is 1.19 bits per heavy atom. The Bertz CT molecular complexity index is 811. The fourth-order valence-electron chi connectivity index (χ4n) is 3.35. The Morgan fingerprint density at radius 2 is 1.84 bits per heavy atom. The second kappa shape index (κ2) is 10.4. The number of hydrogen-bond donors (Lipinski definition) is 3. The van der Waals surface area contributed by atoms with Gasteiger partial charge < -0.3 is 30.5 Å². The van der Waals surface area contributed by atoms with Gasteiger partial charge in [-0.2, -0.15) is 0 Å². The third-order valence-corrected chi connectivity index (χ3v) is 4.92. The van der Waals surface area contributed by atoms with Crippen molar-refractivity contribution in [3.63, 3.8) is 0 Å². The lowest BCUT2D eigenvalue weighted by atomic mass is 10.0. The SMILES string of the molecule is CC(C)NC(=O)Nc1ccc2c(c1)C(=O)N(C)C[C@H](C)[C@H](CN(C)C(=O)NC(C)C)O2. The molecule has 1 aliphatic rings. The van der Waals surface area contributed by atoms with E-state index in [1.54, 1.807) is 42.1 Å². The first-order chi connectivity index (χ1) is 14.5. The number of carbonyl (C=O) groups is 3. The maximum atomic E-state index is 13.0. The molecule has 0 unspecified atom stereocenters. The molecule has 1 aliphatic heterocycles. The maximum absolute atomic E-state index is 13.0. The number of carbonyl (C=O) groups excluding carboxylic acids is 3. The molecule has 0 radical (unpaired) electrons. The Morgan fingerprint density at radius 3 is 2.45 bits per heavy atom. The summed E-state index contributed by atoms with van der Waals surface area (Å²) in [6, 6.07) is 4.52. The zero-order valence-corrected chi connectivity index (χ0v) is 19.5. The molecule has 0 aromatic heterocycles. The van der Waals surface area contributed by atoms with Crippen molar-refractivity contribution in [1.29, 1.82) is 0 Å². The predicted molar refractivity (Wildman–Crippen MR) is 121 cm³/mol. The fourth-order valence-corrected chi connectivity index (χ4v) is 3.35. The number of hydrogen-bond acceptors (Lipinski definition) is 4. The van der Waals surface area contributed by atoms with Gasteiger partial charge in [0.1, 0.15) is 11.9 Å². The highest BCUT2D eigenvalue weighted by Gasteiger charge is 2.31. The van der Waals surface area contributed by atoms with Gasteiger partial charge in [0.15, 0.2) is 0 Å². The van der Waals surface area contributed by atoms with Crippen LogP contribution < -0.4 is 20.7 Å². The minimum Gasteiger partial charge on any atom is -0.487 e. The zero-order chi connectivity index (χ0) is 23.3. The summed E-state index contributed by atoms with van der Waals surface area (Å²) < 4.78 is 6.22. The van der Waals surface area contributed by atoms with Gasteiger partial charge in [0.25, 0.3) is 5.91 Å². The van der Waals surface area contributed by atoms with Gasteiger partial charge in [0.05, 0.1) is 12.1 Å². The molecule has 5 amide bonds. The molecule has 9 heteroatoms. The molecule has 1 heterocycles. The normalized spacial score (nSPS) is 18.6. The van der Waals surface area contributed by atoms with Crippen LogP contribution in [0, 0.1) is 5.92 Å². The molecule has 2 atom stereocenters. The molecule has 2 rings (SSSR count). The van der Waals surface area contributed by atoms with Crippen LogP contribution in [-0.4, -0.2) is 73.1 Å². The van der Waals surface area contributed by atoms with E-state index in [0.29, 0.717) is 30.1 Å². The highest BCUT2D eigenvalue weighted by Crippen LogP contribution is 2.29. The van der Waals surface area contributed by atoms with Crippen molar-refractivity contribution >= 4 is 23.7 Å². The molecule has 1 aromatic rings. The summed E-state index contributed by atoms with van der Waals surface area (Å²) in [6.07, 6.45) is -0.305. The molecule has 172 valence electrons. The van der Waals surface area contributed by atoms with Gasteiger partial charge in [-0.25, -0.2) is 9.59 Å². The largest absolute Gasteiger partial charge is 0.487 e. The minimum absolute atomic E-state index is 0.00558. The number of likely N-dealkylation sites (N-methyl/N-ethyl adjacent to an activating group) is 1. The molecule has 3 N–H and O–H groups in total. The van der Waals surface area contributed by atoms with Crippen molar-refractivity contribution < 1.29 is 19.1 Å². The third kappa shape index (κ3) is 6.77. The van der Waals surface area contributed by atoms with Gasteiger partial charge in [-0.1, -0.05) is 6.92 Å². The average Bonchev–Trinajstić information content (AvgIpc) is 2.65. The van der Waals surface area contributed by atoms with Crippen molar-refractivity contribution in [3.05, 3.63) is 23.8 Å². The lowest BCUT2D eigenvalue weighted by molar-refractivity contribution is 0.0577. The van der Waals surface area contributed by atoms with Gasteiger partial charge in [0.2, 0.25) is 0 Å². The Balaban J connectivity index is 2.25. The number of amides is 5. The van der Waals surface area contributed by atoms with Gasteiger partial charge in [-0.15, -0.1) is 0 Å². The van der Waals surface area contributed by atoms with E-state index in [9.17, 15) is 14.4 Å². The number of anilines is 1. The van der Waals surface area contributed by atoms with Gasteiger partial charge >= 0.3 is 12.1 Å². The Kier molecular flexibility index (Phi) is 8.13. The van der Waals surface area contributed by atoms with E-state index in [0.717, 1.165) is 0 Å². The van der Waals surface area contributed by atoms with Crippen molar-refractivity contribution in [1.82, 2.24) is 20.4 Å². The van der Waals surface area contributed by atoms with Crippen molar-refractivity contribution in [2.45, 2.75) is 52.8 Å². The van der Waals surface area contributed by atoms with E-state index in [1.165, 1.54) is 0 Å². The predicted octanol–water partition coefficient (Wildman–Crippen LogP) is 2.74. The molecule has 0 bridgehead atoms. The van der Waals surface area contributed by atoms with E-state index in [-0.39, 0.29) is 42.1 Å². The van der Waals surface area contributed by atoms with Crippen molar-refractivity contribution in [2.75, 3.05) is 32.5 Å². The summed E-state index contributed by atoms with van der Waals surface area (Å²) in [4.78, 5) is 40.5. The number of fused-ring (bicyclic) bond motifs is 1. The second-order valence-electron chi connectivity index (χ2n) is 8.77. The highest BCUT2D eigenvalue weighted by atomic mass is 16.5. The van der Waals surface area contributed by atoms with Crippen LogP contribution in [0.3, 0.4) is 0 Å². The lowest BCUT2D eigenvalue weighted by Crippen LogP contribution is -2.49. The lowest BCUT2D eigenvalue weighted by Gasteiger charge is -2.35. The molecule has 0 spiro atoms. The summed E-state index contributed by atoms with van der Waals surface area (Å²) >= 11 is 0. The van der Waals surface area contributed by atoms with Crippen LogP contribution >= 0.6 is 0 Å². The van der Waals surface area contributed by atoms with Gasteiger partial charge in [-0.05, 0) is 45.9 Å². The quantitative estimate of drug-likeness (QED) is 0.664. The van der Waals surface area contributed by atoms with E-state index < -0.39 is 0 Å². The van der Waals surface area contributed by atoms with E-state index in [1.807, 2.05) is 34.6 Å². The summed E-state index contributed by atoms with van der Waals surface area (Å²) in [5.41, 5.74) is 0.872. The number of ether oxygens (including phenoxy) is 1. The van der Waals surface area contributed by atoms with E-state index in [2.05, 4.69) is 16.0 Å². The molecule has 0 aliphatic carbocycles. The molecular weight excluding hydrogens is 398 g/mol. The van der Waals surface area contributed by atoms with Crippen LogP contribution in [0.25, 0.3) is 0 Å². The number of urea groups is 2. The van der Waals surface area contributed by atoms with Crippen LogP contribution in [0.2, 0.25) is 0 Å². The number of benzene rings is 1. The molecule has 0 fully saturated rings. The first-order valence-corrected chi connectivity index (χ1v) is 10.6. The summed E-state index contributed by atoms with van der Waals surface area (Å²) in [5, 5.41) is 8.36. The average molecular weight is 434 g/mol. The summed E-state index contributed by atoms with van der Waals surface area (Å²) in [5.74, 6) is 0.256. The fraction of sp³-hybridized carbons (Fsp3) is 0.591. The van der Waals surface area contributed by atoms with Crippen LogP contribution in [0.5, 0.6) is 5.75 Å². The van der Waals surface area contributed by atoms with Crippen LogP contribution in [0.4, 0.5) is 15.3 Å². The molecular formula is C22H35N5O4. The van der Waals surface area contributed by atoms with Crippen LogP contribution in [-0.2, 0) is 0 Å². The second-order valence-corrected chi connectivity index (χ2v) is 8.77. The van der Waals surface area contributed by atoms with Gasteiger partial charge in [-0.3, -0.25) is 4.79 Å². The van der Waals surface area contributed by atoms with Gasteiger partial charge in [0, 0.05) is 44.3 Å². The van der Waals surface area contributed by atoms with E-state index in [4.69, 9.17) is 4.74 Å². The highest BCUT2D eigenvalue weighted by molar-refractivity contribution is 5.99. The van der Waals surface area contributed by atoms with Crippen molar-refractivity contribution in [2.24, 2.45) is 5.92 Å². The Hall–Kier alpha value is -2.97. The van der Waals surface area contributed by atoms with E-state index >= 15 is 0 Å². The standard InChI is InChI=1S/C22H35N5O4/c1-13(2)23-21(29)25-16-8-9-18-17(10-16)20(28)26(6)11-15(5)19(31-18)12-27(7)22(30)24-14(3)4/h8-10,13-15,19H,11-12H2,1-7H3,(H,24,30)(H2,23,25,29)/t15-,19-/m0/s1. The number of rotatable bonds is 5. The molecule has 0 saturated carbocycles. The van der Waals surface area contributed by atoms with Crippen LogP contribution in [0.15, 0.2) is 18.2 Å². The number of nitrogens with zero attached hydrogens (tertiary/aromatic N) is 2. The maximum Gasteiger partial charge on any atom is 0.319 e. The number of nitrogens with one attached hydrogen (secondary N) is 3. The molecule has 9 nitrogen and oxygen atoms in total. The molecule has 31 heavy (non-hydrogen) atoms. The van der Waals surface area contributed by atoms with Crippen LogP contribution in [0.1, 0.15) is 45.0 Å². The molecule has 0 saturated heterocycles. The Labute approximate surface area is 184 Å². The first-order valence-electron chi connectivity index (χ1n) is 10.6. The smallest absolute Gasteiger partial charge is 0.319 e. The first kappa shape index (κ1) is 24.3. The minimum atomic E-state index is -0.341. The summed E-state index contributed by atoms with van der Waals surface area (Å²) in [7, 11) is 3.47.